The Morgan fingerprint density at radius 1 is 0.864 bits per heavy atom. The van der Waals surface area contributed by atoms with Crippen molar-refractivity contribution in [1.82, 2.24) is 0 Å². The highest BCUT2D eigenvalue weighted by molar-refractivity contribution is 5.89. The van der Waals surface area contributed by atoms with Crippen LogP contribution in [-0.2, 0) is 19.1 Å². The molecule has 0 atom stereocenters. The second-order valence-electron chi connectivity index (χ2n) is 7.46. The topological polar surface area (TPSA) is 52.6 Å². The zero-order valence-electron chi connectivity index (χ0n) is 14.7. The Balaban J connectivity index is 3.32. The smallest absolute Gasteiger partial charge is 0.336 e. The predicted octanol–water partition coefficient (Wildman–Crippen LogP) is 4.16. The molecule has 0 heterocycles. The number of hydrogen-bond donors (Lipinski definition) is 0. The summed E-state index contributed by atoms with van der Waals surface area (Å²) >= 11 is 0. The van der Waals surface area contributed by atoms with E-state index in [-0.39, 0.29) is 16.6 Å². The van der Waals surface area contributed by atoms with E-state index in [1.54, 1.807) is 13.8 Å². The van der Waals surface area contributed by atoms with Crippen LogP contribution in [0.25, 0.3) is 0 Å². The van der Waals surface area contributed by atoms with Gasteiger partial charge in [-0.3, -0.25) is 0 Å². The number of carbonyl (C=O) groups is 2. The van der Waals surface area contributed by atoms with Gasteiger partial charge in [0.25, 0.3) is 5.79 Å². The average Bonchev–Trinajstić information content (AvgIpc) is 2.35. The summed E-state index contributed by atoms with van der Waals surface area (Å²) < 4.78 is 11.4. The quantitative estimate of drug-likeness (QED) is 0.444. The van der Waals surface area contributed by atoms with Crippen molar-refractivity contribution in [3.8, 4) is 0 Å². The Kier molecular flexibility index (Phi) is 4.95. The molecule has 1 aliphatic rings. The molecule has 0 aromatic heterocycles. The molecule has 0 unspecified atom stereocenters. The van der Waals surface area contributed by atoms with Gasteiger partial charge in [-0.1, -0.05) is 40.9 Å². The van der Waals surface area contributed by atoms with Gasteiger partial charge in [-0.2, -0.15) is 0 Å². The molecule has 0 aromatic rings. The molecule has 0 bridgehead atoms. The van der Waals surface area contributed by atoms with Crippen LogP contribution < -0.4 is 0 Å². The van der Waals surface area contributed by atoms with Crippen LogP contribution in [-0.4, -0.2) is 17.7 Å². The van der Waals surface area contributed by atoms with Crippen LogP contribution in [0.5, 0.6) is 0 Å². The normalized spacial score (nSPS) is 21.5. The summed E-state index contributed by atoms with van der Waals surface area (Å²) in [7, 11) is 0. The molecule has 1 saturated carbocycles. The van der Waals surface area contributed by atoms with Crippen molar-refractivity contribution in [3.63, 3.8) is 0 Å². The number of rotatable bonds is 4. The molecule has 4 nitrogen and oxygen atoms in total. The Labute approximate surface area is 133 Å². The monoisotopic (exact) mass is 308 g/mol. The fourth-order valence-corrected chi connectivity index (χ4v) is 2.76. The summed E-state index contributed by atoms with van der Waals surface area (Å²) in [6.45, 7) is 18.6. The van der Waals surface area contributed by atoms with Crippen LogP contribution >= 0.6 is 0 Å². The highest BCUT2D eigenvalue weighted by atomic mass is 16.7. The molecule has 1 rings (SSSR count). The van der Waals surface area contributed by atoms with E-state index in [9.17, 15) is 9.59 Å². The van der Waals surface area contributed by atoms with E-state index in [2.05, 4.69) is 27.0 Å². The van der Waals surface area contributed by atoms with Crippen LogP contribution in [0.3, 0.4) is 0 Å². The number of carbonyl (C=O) groups excluding carboxylic acids is 2. The van der Waals surface area contributed by atoms with Crippen molar-refractivity contribution in [2.45, 2.75) is 66.6 Å². The predicted molar refractivity (Wildman–Crippen MR) is 86.0 cm³/mol. The van der Waals surface area contributed by atoms with E-state index in [1.807, 2.05) is 13.8 Å². The highest BCUT2D eigenvalue weighted by Gasteiger charge is 2.61. The lowest BCUT2D eigenvalue weighted by Gasteiger charge is -2.56. The van der Waals surface area contributed by atoms with Gasteiger partial charge in [0, 0.05) is 23.0 Å². The van der Waals surface area contributed by atoms with Gasteiger partial charge in [-0.15, -0.1) is 0 Å². The number of ether oxygens (including phenoxy) is 2. The van der Waals surface area contributed by atoms with Crippen molar-refractivity contribution >= 4 is 11.9 Å². The van der Waals surface area contributed by atoms with Gasteiger partial charge in [-0.05, 0) is 32.1 Å². The van der Waals surface area contributed by atoms with Crippen LogP contribution in [0, 0.1) is 10.8 Å². The molecule has 0 saturated heterocycles. The summed E-state index contributed by atoms with van der Waals surface area (Å²) in [5.74, 6) is -2.39. The molecule has 0 spiro atoms. The molecule has 4 heteroatoms. The summed E-state index contributed by atoms with van der Waals surface area (Å²) in [5, 5.41) is 0. The summed E-state index contributed by atoms with van der Waals surface area (Å²) in [5.41, 5.74) is -0.139. The van der Waals surface area contributed by atoms with Crippen LogP contribution in [0.1, 0.15) is 60.8 Å². The third kappa shape index (κ3) is 3.11. The van der Waals surface area contributed by atoms with Gasteiger partial charge >= 0.3 is 11.9 Å². The van der Waals surface area contributed by atoms with Gasteiger partial charge < -0.3 is 9.47 Å². The van der Waals surface area contributed by atoms with Crippen LogP contribution in [0.15, 0.2) is 24.3 Å². The van der Waals surface area contributed by atoms with Gasteiger partial charge in [0.15, 0.2) is 0 Å². The van der Waals surface area contributed by atoms with Crippen molar-refractivity contribution in [1.29, 1.82) is 0 Å². The Morgan fingerprint density at radius 2 is 1.27 bits per heavy atom. The first kappa shape index (κ1) is 18.5. The standard InChI is InChI=1S/C18H28O4/c1-12(2)14(19)21-18(22-15(20)13(3)4)11-9-10-16(5,6)17(18,7)8/h1,3,9-11H2,2,4-8H3. The lowest BCUT2D eigenvalue weighted by molar-refractivity contribution is -0.299. The zero-order valence-corrected chi connectivity index (χ0v) is 14.7. The van der Waals surface area contributed by atoms with E-state index in [4.69, 9.17) is 9.47 Å². The van der Waals surface area contributed by atoms with Crippen molar-refractivity contribution in [2.75, 3.05) is 0 Å². The Hall–Kier alpha value is -1.58. The first-order valence-electron chi connectivity index (χ1n) is 7.64. The minimum Gasteiger partial charge on any atom is -0.419 e. The second-order valence-corrected chi connectivity index (χ2v) is 7.46. The lowest BCUT2D eigenvalue weighted by Crippen LogP contribution is -2.60. The third-order valence-corrected chi connectivity index (χ3v) is 5.16. The van der Waals surface area contributed by atoms with Gasteiger partial charge in [-0.25, -0.2) is 9.59 Å². The summed E-state index contributed by atoms with van der Waals surface area (Å²) in [6.07, 6.45) is 2.25. The largest absolute Gasteiger partial charge is 0.419 e. The molecule has 1 aliphatic carbocycles. The highest BCUT2D eigenvalue weighted by Crippen LogP contribution is 2.57. The van der Waals surface area contributed by atoms with E-state index in [0.29, 0.717) is 6.42 Å². The first-order valence-corrected chi connectivity index (χ1v) is 7.64. The maximum atomic E-state index is 12.1. The Bertz CT molecular complexity index is 483. The molecular formula is C18H28O4. The second kappa shape index (κ2) is 5.90. The SMILES string of the molecule is C=C(C)C(=O)OC1(OC(=O)C(=C)C)CCCC(C)(C)C1(C)C. The molecule has 0 aromatic carbocycles. The van der Waals surface area contributed by atoms with Gasteiger partial charge in [0.1, 0.15) is 0 Å². The fraction of sp³-hybridized carbons (Fsp3) is 0.667. The van der Waals surface area contributed by atoms with E-state index >= 15 is 0 Å². The van der Waals surface area contributed by atoms with Gasteiger partial charge in [0.2, 0.25) is 0 Å². The fourth-order valence-electron chi connectivity index (χ4n) is 2.76. The number of hydrogen-bond acceptors (Lipinski definition) is 4. The van der Waals surface area contributed by atoms with Crippen molar-refractivity contribution in [3.05, 3.63) is 24.3 Å². The Morgan fingerprint density at radius 3 is 1.64 bits per heavy atom. The zero-order chi connectivity index (χ0) is 17.3. The minimum absolute atomic E-state index is 0.157. The molecule has 22 heavy (non-hydrogen) atoms. The van der Waals surface area contributed by atoms with Crippen molar-refractivity contribution < 1.29 is 19.1 Å². The van der Waals surface area contributed by atoms with E-state index in [0.717, 1.165) is 12.8 Å². The average molecular weight is 308 g/mol. The maximum Gasteiger partial charge on any atom is 0.336 e. The molecule has 0 aliphatic heterocycles. The summed E-state index contributed by atoms with van der Waals surface area (Å²) in [4.78, 5) is 24.3. The third-order valence-electron chi connectivity index (χ3n) is 5.16. The van der Waals surface area contributed by atoms with E-state index in [1.165, 1.54) is 0 Å². The molecule has 1 fully saturated rings. The lowest BCUT2D eigenvalue weighted by atomic mass is 9.56. The van der Waals surface area contributed by atoms with E-state index < -0.39 is 23.1 Å². The minimum atomic E-state index is -1.30. The molecule has 124 valence electrons. The van der Waals surface area contributed by atoms with Crippen LogP contribution in [0.2, 0.25) is 0 Å². The van der Waals surface area contributed by atoms with Crippen LogP contribution in [0.4, 0.5) is 0 Å². The molecule has 0 amide bonds. The maximum absolute atomic E-state index is 12.1. The molecule has 0 radical (unpaired) electrons. The molecular weight excluding hydrogens is 280 g/mol. The van der Waals surface area contributed by atoms with Crippen molar-refractivity contribution in [2.24, 2.45) is 10.8 Å². The summed E-state index contributed by atoms with van der Waals surface area (Å²) in [6, 6.07) is 0. The first-order chi connectivity index (χ1) is 9.86. The number of esters is 2. The molecule has 0 N–H and O–H groups in total. The van der Waals surface area contributed by atoms with Gasteiger partial charge in [0.05, 0.1) is 0 Å².